The van der Waals surface area contributed by atoms with Gasteiger partial charge in [-0.15, -0.1) is 0 Å². The Morgan fingerprint density at radius 2 is 1.83 bits per heavy atom. The minimum absolute atomic E-state index is 0.256. The fraction of sp³-hybridized carbons (Fsp3) is 0.143. The third-order valence-electron chi connectivity index (χ3n) is 2.20. The Labute approximate surface area is 105 Å². The molecule has 0 radical (unpaired) electrons. The number of aromatic nitrogens is 1. The zero-order chi connectivity index (χ0) is 12.8. The van der Waals surface area contributed by atoms with Crippen LogP contribution in [0, 0.1) is 0 Å². The maximum atomic E-state index is 11.1. The Morgan fingerprint density at radius 3 is 2.44 bits per heavy atom. The second-order valence-corrected chi connectivity index (χ2v) is 3.57. The molecular weight excluding hydrogens is 230 g/mol. The Kier molecular flexibility index (Phi) is 3.91. The van der Waals surface area contributed by atoms with Crippen LogP contribution in [-0.4, -0.2) is 11.0 Å². The lowest BCUT2D eigenvalue weighted by molar-refractivity contribution is -0.134. The van der Waals surface area contributed by atoms with E-state index in [2.05, 4.69) is 4.98 Å². The van der Waals surface area contributed by atoms with Crippen molar-refractivity contribution in [3.63, 3.8) is 0 Å². The van der Waals surface area contributed by atoms with Crippen LogP contribution in [0.4, 0.5) is 0 Å². The highest BCUT2D eigenvalue weighted by molar-refractivity contribution is 5.71. The molecule has 0 bridgehead atoms. The molecule has 2 rings (SSSR count). The Hall–Kier alpha value is -2.36. The molecule has 0 N–H and O–H groups in total. The van der Waals surface area contributed by atoms with Crippen molar-refractivity contribution in [3.05, 3.63) is 48.7 Å². The van der Waals surface area contributed by atoms with Gasteiger partial charge in [-0.3, -0.25) is 4.79 Å². The van der Waals surface area contributed by atoms with E-state index in [0.29, 0.717) is 23.8 Å². The normalized spacial score (nSPS) is 9.83. The summed E-state index contributed by atoms with van der Waals surface area (Å²) in [5.41, 5.74) is 0. The van der Waals surface area contributed by atoms with Crippen LogP contribution in [0.5, 0.6) is 17.4 Å². The van der Waals surface area contributed by atoms with Gasteiger partial charge in [0.05, 0.1) is 0 Å². The molecule has 92 valence electrons. The van der Waals surface area contributed by atoms with E-state index in [1.54, 1.807) is 43.5 Å². The molecule has 0 spiro atoms. The second-order valence-electron chi connectivity index (χ2n) is 3.57. The summed E-state index contributed by atoms with van der Waals surface area (Å²) in [5.74, 6) is 1.42. The van der Waals surface area contributed by atoms with Crippen molar-refractivity contribution in [3.8, 4) is 17.4 Å². The lowest BCUT2D eigenvalue weighted by Crippen LogP contribution is -2.05. The maximum absolute atomic E-state index is 11.1. The van der Waals surface area contributed by atoms with Gasteiger partial charge in [-0.25, -0.2) is 4.98 Å². The average molecular weight is 243 g/mol. The standard InChI is InChI=1S/C14H13NO3/c1-2-14(16)18-12-8-6-11(7-9-12)17-13-5-3-4-10-15-13/h3-10H,2H2,1H3. The van der Waals surface area contributed by atoms with Crippen LogP contribution in [0.3, 0.4) is 0 Å². The largest absolute Gasteiger partial charge is 0.439 e. The lowest BCUT2D eigenvalue weighted by atomic mass is 10.3. The van der Waals surface area contributed by atoms with E-state index < -0.39 is 0 Å². The number of esters is 1. The number of hydrogen-bond donors (Lipinski definition) is 0. The Balaban J connectivity index is 2.02. The summed E-state index contributed by atoms with van der Waals surface area (Å²) in [6.07, 6.45) is 2.01. The minimum atomic E-state index is -0.256. The molecule has 1 aromatic heterocycles. The number of carbonyl (C=O) groups is 1. The Bertz CT molecular complexity index is 508. The van der Waals surface area contributed by atoms with Crippen LogP contribution in [-0.2, 0) is 4.79 Å². The molecule has 0 aliphatic carbocycles. The highest BCUT2D eigenvalue weighted by Gasteiger charge is 2.02. The van der Waals surface area contributed by atoms with E-state index in [1.165, 1.54) is 0 Å². The average Bonchev–Trinajstić information content (AvgIpc) is 2.42. The number of ether oxygens (including phenoxy) is 2. The first-order valence-electron chi connectivity index (χ1n) is 5.67. The fourth-order valence-corrected chi connectivity index (χ4v) is 1.31. The molecular formula is C14H13NO3. The van der Waals surface area contributed by atoms with Crippen molar-refractivity contribution in [1.29, 1.82) is 0 Å². The zero-order valence-corrected chi connectivity index (χ0v) is 10.00. The third-order valence-corrected chi connectivity index (χ3v) is 2.20. The molecule has 0 atom stereocenters. The summed E-state index contributed by atoms with van der Waals surface area (Å²) >= 11 is 0. The maximum Gasteiger partial charge on any atom is 0.310 e. The summed E-state index contributed by atoms with van der Waals surface area (Å²) in [4.78, 5) is 15.1. The number of nitrogens with zero attached hydrogens (tertiary/aromatic N) is 1. The van der Waals surface area contributed by atoms with E-state index >= 15 is 0 Å². The van der Waals surface area contributed by atoms with Gasteiger partial charge in [0, 0.05) is 18.7 Å². The first-order chi connectivity index (χ1) is 8.78. The molecule has 4 nitrogen and oxygen atoms in total. The van der Waals surface area contributed by atoms with Gasteiger partial charge < -0.3 is 9.47 Å². The molecule has 2 aromatic rings. The number of pyridine rings is 1. The number of benzene rings is 1. The van der Waals surface area contributed by atoms with Gasteiger partial charge in [0.25, 0.3) is 0 Å². The van der Waals surface area contributed by atoms with E-state index in [1.807, 2.05) is 12.1 Å². The van der Waals surface area contributed by atoms with Gasteiger partial charge in [0.15, 0.2) is 0 Å². The summed E-state index contributed by atoms with van der Waals surface area (Å²) in [6.45, 7) is 1.75. The van der Waals surface area contributed by atoms with E-state index in [0.717, 1.165) is 0 Å². The van der Waals surface area contributed by atoms with Crippen LogP contribution in [0.15, 0.2) is 48.7 Å². The van der Waals surface area contributed by atoms with Crippen molar-refractivity contribution < 1.29 is 14.3 Å². The molecule has 0 saturated heterocycles. The molecule has 18 heavy (non-hydrogen) atoms. The fourth-order valence-electron chi connectivity index (χ4n) is 1.31. The molecule has 0 aliphatic rings. The number of hydrogen-bond acceptors (Lipinski definition) is 4. The van der Waals surface area contributed by atoms with E-state index in [4.69, 9.17) is 9.47 Å². The van der Waals surface area contributed by atoms with Crippen molar-refractivity contribution in [2.45, 2.75) is 13.3 Å². The lowest BCUT2D eigenvalue weighted by Gasteiger charge is -2.06. The number of rotatable bonds is 4. The van der Waals surface area contributed by atoms with E-state index in [9.17, 15) is 4.79 Å². The van der Waals surface area contributed by atoms with Crippen LogP contribution >= 0.6 is 0 Å². The van der Waals surface area contributed by atoms with Crippen LogP contribution in [0.25, 0.3) is 0 Å². The highest BCUT2D eigenvalue weighted by atomic mass is 16.5. The molecule has 0 fully saturated rings. The molecule has 0 amide bonds. The smallest absolute Gasteiger partial charge is 0.310 e. The molecule has 4 heteroatoms. The molecule has 1 heterocycles. The molecule has 1 aromatic carbocycles. The van der Waals surface area contributed by atoms with Crippen molar-refractivity contribution >= 4 is 5.97 Å². The summed E-state index contributed by atoms with van der Waals surface area (Å²) in [6, 6.07) is 12.3. The number of carbonyl (C=O) groups excluding carboxylic acids is 1. The zero-order valence-electron chi connectivity index (χ0n) is 10.00. The molecule has 0 saturated carbocycles. The quantitative estimate of drug-likeness (QED) is 0.611. The van der Waals surface area contributed by atoms with Crippen LogP contribution < -0.4 is 9.47 Å². The highest BCUT2D eigenvalue weighted by Crippen LogP contribution is 2.22. The van der Waals surface area contributed by atoms with Gasteiger partial charge in [-0.05, 0) is 30.3 Å². The predicted octanol–water partition coefficient (Wildman–Crippen LogP) is 3.19. The Morgan fingerprint density at radius 1 is 1.11 bits per heavy atom. The monoisotopic (exact) mass is 243 g/mol. The van der Waals surface area contributed by atoms with Gasteiger partial charge >= 0.3 is 5.97 Å². The van der Waals surface area contributed by atoms with Crippen molar-refractivity contribution in [1.82, 2.24) is 4.98 Å². The molecule has 0 aliphatic heterocycles. The minimum Gasteiger partial charge on any atom is -0.439 e. The van der Waals surface area contributed by atoms with Gasteiger partial charge in [0.2, 0.25) is 5.88 Å². The second kappa shape index (κ2) is 5.82. The predicted molar refractivity (Wildman–Crippen MR) is 66.7 cm³/mol. The van der Waals surface area contributed by atoms with Gasteiger partial charge in [0.1, 0.15) is 11.5 Å². The molecule has 0 unspecified atom stereocenters. The van der Waals surface area contributed by atoms with Crippen LogP contribution in [0.1, 0.15) is 13.3 Å². The topological polar surface area (TPSA) is 48.4 Å². The van der Waals surface area contributed by atoms with E-state index in [-0.39, 0.29) is 5.97 Å². The van der Waals surface area contributed by atoms with Crippen molar-refractivity contribution in [2.24, 2.45) is 0 Å². The van der Waals surface area contributed by atoms with Gasteiger partial charge in [-0.2, -0.15) is 0 Å². The SMILES string of the molecule is CCC(=O)Oc1ccc(Oc2ccccn2)cc1. The summed E-state index contributed by atoms with van der Waals surface area (Å²) < 4.78 is 10.6. The first-order valence-corrected chi connectivity index (χ1v) is 5.67. The first kappa shape index (κ1) is 12.1. The van der Waals surface area contributed by atoms with Crippen molar-refractivity contribution in [2.75, 3.05) is 0 Å². The summed E-state index contributed by atoms with van der Waals surface area (Å²) in [5, 5.41) is 0. The van der Waals surface area contributed by atoms with Gasteiger partial charge in [-0.1, -0.05) is 13.0 Å². The van der Waals surface area contributed by atoms with Crippen LogP contribution in [0.2, 0.25) is 0 Å². The third kappa shape index (κ3) is 3.31. The summed E-state index contributed by atoms with van der Waals surface area (Å²) in [7, 11) is 0.